The Bertz CT molecular complexity index is 280. The van der Waals surface area contributed by atoms with E-state index in [2.05, 4.69) is 11.6 Å². The molecule has 0 spiro atoms. The average Bonchev–Trinajstić information content (AvgIpc) is 2.10. The SMILES string of the molecule is C=CC1=CC(C)(C)N=CC=C1N. The van der Waals surface area contributed by atoms with E-state index >= 15 is 0 Å². The molecule has 2 heteroatoms. The molecule has 1 aliphatic heterocycles. The first-order valence-electron chi connectivity index (χ1n) is 3.92. The lowest BCUT2D eigenvalue weighted by Gasteiger charge is -2.13. The molecular formula is C10H14N2. The molecule has 12 heavy (non-hydrogen) atoms. The van der Waals surface area contributed by atoms with Gasteiger partial charge >= 0.3 is 0 Å². The van der Waals surface area contributed by atoms with Crippen molar-refractivity contribution >= 4 is 6.21 Å². The van der Waals surface area contributed by atoms with Gasteiger partial charge < -0.3 is 5.73 Å². The van der Waals surface area contributed by atoms with Crippen LogP contribution in [0.25, 0.3) is 0 Å². The standard InChI is InChI=1S/C10H14N2/c1-4-8-7-10(2,3)12-6-5-9(8)11/h4-7H,1,11H2,2-3H3. The molecule has 0 saturated heterocycles. The minimum absolute atomic E-state index is 0.179. The molecule has 2 nitrogen and oxygen atoms in total. The van der Waals surface area contributed by atoms with E-state index in [-0.39, 0.29) is 5.54 Å². The second kappa shape index (κ2) is 2.97. The fourth-order valence-corrected chi connectivity index (χ4v) is 1.08. The molecule has 0 aliphatic carbocycles. The maximum Gasteiger partial charge on any atom is 0.0741 e. The highest BCUT2D eigenvalue weighted by molar-refractivity contribution is 5.75. The fourth-order valence-electron chi connectivity index (χ4n) is 1.08. The third-order valence-electron chi connectivity index (χ3n) is 1.72. The highest BCUT2D eigenvalue weighted by Crippen LogP contribution is 2.18. The van der Waals surface area contributed by atoms with E-state index in [0.29, 0.717) is 0 Å². The van der Waals surface area contributed by atoms with E-state index in [1.807, 2.05) is 19.9 Å². The van der Waals surface area contributed by atoms with Crippen LogP contribution < -0.4 is 5.73 Å². The quantitative estimate of drug-likeness (QED) is 0.627. The summed E-state index contributed by atoms with van der Waals surface area (Å²) in [4.78, 5) is 4.30. The molecule has 0 saturated carbocycles. The van der Waals surface area contributed by atoms with Crippen LogP contribution in [0.2, 0.25) is 0 Å². The lowest BCUT2D eigenvalue weighted by molar-refractivity contribution is 0.660. The van der Waals surface area contributed by atoms with E-state index in [0.717, 1.165) is 11.3 Å². The van der Waals surface area contributed by atoms with Gasteiger partial charge in [0.2, 0.25) is 0 Å². The predicted molar refractivity (Wildman–Crippen MR) is 53.1 cm³/mol. The Balaban J connectivity index is 3.11. The van der Waals surface area contributed by atoms with Crippen LogP contribution >= 0.6 is 0 Å². The molecule has 0 unspecified atom stereocenters. The van der Waals surface area contributed by atoms with E-state index < -0.39 is 0 Å². The lowest BCUT2D eigenvalue weighted by atomic mass is 10.0. The number of hydrogen-bond donors (Lipinski definition) is 1. The zero-order valence-corrected chi connectivity index (χ0v) is 7.54. The van der Waals surface area contributed by atoms with Crippen LogP contribution in [0, 0.1) is 0 Å². The van der Waals surface area contributed by atoms with Crippen molar-refractivity contribution in [2.45, 2.75) is 19.4 Å². The smallest absolute Gasteiger partial charge is 0.0741 e. The molecule has 0 bridgehead atoms. The Hall–Kier alpha value is -1.31. The van der Waals surface area contributed by atoms with Crippen molar-refractivity contribution in [1.82, 2.24) is 0 Å². The predicted octanol–water partition coefficient (Wildman–Crippen LogP) is 1.80. The number of rotatable bonds is 1. The van der Waals surface area contributed by atoms with Gasteiger partial charge in [0, 0.05) is 11.9 Å². The first kappa shape index (κ1) is 8.78. The maximum atomic E-state index is 5.74. The molecule has 0 aromatic carbocycles. The summed E-state index contributed by atoms with van der Waals surface area (Å²) in [5.74, 6) is 0. The topological polar surface area (TPSA) is 38.4 Å². The van der Waals surface area contributed by atoms with Gasteiger partial charge in [0.1, 0.15) is 0 Å². The first-order valence-corrected chi connectivity index (χ1v) is 3.92. The van der Waals surface area contributed by atoms with Crippen molar-refractivity contribution in [3.05, 3.63) is 36.1 Å². The molecule has 1 aliphatic rings. The van der Waals surface area contributed by atoms with Crippen LogP contribution in [0.15, 0.2) is 41.1 Å². The Labute approximate surface area is 73.2 Å². The molecule has 0 amide bonds. The first-order chi connectivity index (χ1) is 5.55. The van der Waals surface area contributed by atoms with Crippen molar-refractivity contribution < 1.29 is 0 Å². The van der Waals surface area contributed by atoms with Gasteiger partial charge in [0.15, 0.2) is 0 Å². The summed E-state index contributed by atoms with van der Waals surface area (Å²) >= 11 is 0. The molecule has 1 heterocycles. The highest BCUT2D eigenvalue weighted by atomic mass is 14.8. The molecule has 0 aromatic rings. The summed E-state index contributed by atoms with van der Waals surface area (Å²) in [6.45, 7) is 7.75. The maximum absolute atomic E-state index is 5.74. The number of allylic oxidation sites excluding steroid dienone is 2. The molecule has 0 aromatic heterocycles. The third kappa shape index (κ3) is 1.84. The van der Waals surface area contributed by atoms with Gasteiger partial charge in [0.25, 0.3) is 0 Å². The van der Waals surface area contributed by atoms with Crippen molar-refractivity contribution in [2.24, 2.45) is 10.7 Å². The van der Waals surface area contributed by atoms with Gasteiger partial charge in [-0.05, 0) is 31.6 Å². The second-order valence-electron chi connectivity index (χ2n) is 3.36. The summed E-state index contributed by atoms with van der Waals surface area (Å²) in [5, 5.41) is 0. The van der Waals surface area contributed by atoms with E-state index in [4.69, 9.17) is 5.73 Å². The summed E-state index contributed by atoms with van der Waals surface area (Å²) in [6.07, 6.45) is 7.29. The van der Waals surface area contributed by atoms with E-state index in [9.17, 15) is 0 Å². The van der Waals surface area contributed by atoms with E-state index in [1.165, 1.54) is 0 Å². The van der Waals surface area contributed by atoms with Crippen molar-refractivity contribution in [2.75, 3.05) is 0 Å². The average molecular weight is 162 g/mol. The third-order valence-corrected chi connectivity index (χ3v) is 1.72. The molecule has 0 atom stereocenters. The van der Waals surface area contributed by atoms with Gasteiger partial charge in [0.05, 0.1) is 5.54 Å². The normalized spacial score (nSPS) is 20.8. The van der Waals surface area contributed by atoms with Gasteiger partial charge in [-0.25, -0.2) is 0 Å². The number of hydrogen-bond acceptors (Lipinski definition) is 2. The molecule has 1 rings (SSSR count). The van der Waals surface area contributed by atoms with Crippen molar-refractivity contribution in [3.63, 3.8) is 0 Å². The molecule has 0 fully saturated rings. The van der Waals surface area contributed by atoms with Crippen molar-refractivity contribution in [1.29, 1.82) is 0 Å². The number of nitrogens with zero attached hydrogens (tertiary/aromatic N) is 1. The van der Waals surface area contributed by atoms with Gasteiger partial charge in [-0.3, -0.25) is 4.99 Å². The van der Waals surface area contributed by atoms with Crippen LogP contribution in [-0.2, 0) is 0 Å². The number of nitrogens with two attached hydrogens (primary N) is 1. The van der Waals surface area contributed by atoms with Crippen molar-refractivity contribution in [3.8, 4) is 0 Å². The Kier molecular flexibility index (Phi) is 2.18. The Morgan fingerprint density at radius 3 is 2.83 bits per heavy atom. The van der Waals surface area contributed by atoms with E-state index in [1.54, 1.807) is 18.4 Å². The molecule has 64 valence electrons. The lowest BCUT2D eigenvalue weighted by Crippen LogP contribution is -2.13. The summed E-state index contributed by atoms with van der Waals surface area (Å²) in [7, 11) is 0. The minimum atomic E-state index is -0.179. The van der Waals surface area contributed by atoms with Gasteiger partial charge in [-0.15, -0.1) is 0 Å². The summed E-state index contributed by atoms with van der Waals surface area (Å²) < 4.78 is 0. The van der Waals surface area contributed by atoms with Crippen LogP contribution in [0.4, 0.5) is 0 Å². The monoisotopic (exact) mass is 162 g/mol. The Morgan fingerprint density at radius 2 is 2.25 bits per heavy atom. The van der Waals surface area contributed by atoms with Gasteiger partial charge in [-0.2, -0.15) is 0 Å². The van der Waals surface area contributed by atoms with Crippen LogP contribution in [-0.4, -0.2) is 11.8 Å². The van der Waals surface area contributed by atoms with Crippen LogP contribution in [0.5, 0.6) is 0 Å². The second-order valence-corrected chi connectivity index (χ2v) is 3.36. The zero-order valence-electron chi connectivity index (χ0n) is 7.54. The molecule has 2 N–H and O–H groups in total. The summed E-state index contributed by atoms with van der Waals surface area (Å²) in [5.41, 5.74) is 7.24. The highest BCUT2D eigenvalue weighted by Gasteiger charge is 2.14. The number of aliphatic imine (C=N–C) groups is 1. The molecular weight excluding hydrogens is 148 g/mol. The minimum Gasteiger partial charge on any atom is -0.398 e. The van der Waals surface area contributed by atoms with Crippen LogP contribution in [0.3, 0.4) is 0 Å². The largest absolute Gasteiger partial charge is 0.398 e. The van der Waals surface area contributed by atoms with Gasteiger partial charge in [-0.1, -0.05) is 12.7 Å². The van der Waals surface area contributed by atoms with Crippen LogP contribution in [0.1, 0.15) is 13.8 Å². The molecule has 0 radical (unpaired) electrons. The summed E-state index contributed by atoms with van der Waals surface area (Å²) in [6, 6.07) is 0. The Morgan fingerprint density at radius 1 is 1.58 bits per heavy atom. The zero-order chi connectivity index (χ0) is 9.19. The fraction of sp³-hybridized carbons (Fsp3) is 0.300.